The van der Waals surface area contributed by atoms with Gasteiger partial charge in [-0.25, -0.2) is 4.68 Å². The molecule has 3 N–H and O–H groups in total. The Hall–Kier alpha value is -3.59. The molecule has 0 atom stereocenters. The number of aromatic nitrogens is 2. The summed E-state index contributed by atoms with van der Waals surface area (Å²) in [5.74, 6) is 0.389. The predicted octanol–water partition coefficient (Wildman–Crippen LogP) is 2.52. The number of hydrazone groups is 1. The first kappa shape index (κ1) is 20.2. The summed E-state index contributed by atoms with van der Waals surface area (Å²) in [5, 5.41) is 16.8. The topological polar surface area (TPSA) is 92.8 Å². The van der Waals surface area contributed by atoms with Crippen LogP contribution in [-0.2, 0) is 7.05 Å². The third-order valence-corrected chi connectivity index (χ3v) is 4.57. The number of benzene rings is 2. The number of hydrogen-bond acceptors (Lipinski definition) is 5. The predicted molar refractivity (Wildman–Crippen MR) is 117 cm³/mol. The van der Waals surface area contributed by atoms with Crippen molar-refractivity contribution in [3.63, 3.8) is 0 Å². The van der Waals surface area contributed by atoms with Crippen LogP contribution in [0.25, 0.3) is 5.69 Å². The molecule has 1 heterocycles. The fourth-order valence-electron chi connectivity index (χ4n) is 2.79. The average molecular weight is 411 g/mol. The van der Waals surface area contributed by atoms with Crippen LogP contribution in [0.1, 0.15) is 11.3 Å². The minimum absolute atomic E-state index is 0.0454. The number of methoxy groups -OCH3 is 1. The summed E-state index contributed by atoms with van der Waals surface area (Å²) >= 11 is 5.25. The molecule has 29 heavy (non-hydrogen) atoms. The standard InChI is InChI=1S/C20H21N5O3S/c1-13-18(19(27)25(24(13)2)15-7-5-4-6-8-15)22-20(29)23-21-12-14-9-10-16(26)17(11-14)28-3/h4-12,26H,1-3H3,(H2,22,23,29)/b21-12-. The Morgan fingerprint density at radius 2 is 1.97 bits per heavy atom. The van der Waals surface area contributed by atoms with E-state index in [1.54, 1.807) is 21.5 Å². The van der Waals surface area contributed by atoms with Gasteiger partial charge in [-0.1, -0.05) is 18.2 Å². The molecule has 0 aliphatic heterocycles. The molecule has 0 saturated heterocycles. The first-order valence-electron chi connectivity index (χ1n) is 8.73. The molecule has 0 amide bonds. The highest BCUT2D eigenvalue weighted by Gasteiger charge is 2.16. The van der Waals surface area contributed by atoms with Crippen LogP contribution < -0.4 is 21.0 Å². The van der Waals surface area contributed by atoms with Gasteiger partial charge in [0.25, 0.3) is 5.56 Å². The SMILES string of the molecule is COc1cc(/C=N\NC(=S)Nc2c(C)n(C)n(-c3ccccc3)c2=O)ccc1O. The number of phenolic OH excluding ortho intramolecular Hbond substituents is 1. The zero-order chi connectivity index (χ0) is 21.0. The molecule has 0 saturated carbocycles. The number of hydrogen-bond donors (Lipinski definition) is 3. The minimum Gasteiger partial charge on any atom is -0.504 e. The number of aromatic hydroxyl groups is 1. The van der Waals surface area contributed by atoms with Gasteiger partial charge >= 0.3 is 0 Å². The van der Waals surface area contributed by atoms with E-state index in [1.807, 2.05) is 44.3 Å². The third kappa shape index (κ3) is 4.30. The number of para-hydroxylation sites is 1. The van der Waals surface area contributed by atoms with E-state index in [0.717, 1.165) is 11.4 Å². The summed E-state index contributed by atoms with van der Waals surface area (Å²) in [6.45, 7) is 1.83. The van der Waals surface area contributed by atoms with Gasteiger partial charge in [0.05, 0.1) is 24.7 Å². The molecule has 0 aliphatic rings. The summed E-state index contributed by atoms with van der Waals surface area (Å²) in [6.07, 6.45) is 1.52. The highest BCUT2D eigenvalue weighted by molar-refractivity contribution is 7.80. The molecule has 0 unspecified atom stereocenters. The number of anilines is 1. The van der Waals surface area contributed by atoms with Crippen molar-refractivity contribution in [2.45, 2.75) is 6.92 Å². The molecule has 8 nitrogen and oxygen atoms in total. The molecule has 1 aromatic heterocycles. The zero-order valence-corrected chi connectivity index (χ0v) is 17.0. The Morgan fingerprint density at radius 1 is 1.24 bits per heavy atom. The van der Waals surface area contributed by atoms with Crippen LogP contribution in [0.5, 0.6) is 11.5 Å². The first-order valence-corrected chi connectivity index (χ1v) is 9.14. The van der Waals surface area contributed by atoms with Gasteiger partial charge in [-0.3, -0.25) is 14.9 Å². The number of rotatable bonds is 5. The van der Waals surface area contributed by atoms with E-state index < -0.39 is 0 Å². The Balaban J connectivity index is 1.74. The monoisotopic (exact) mass is 411 g/mol. The summed E-state index contributed by atoms with van der Waals surface area (Å²) < 4.78 is 8.38. The maximum absolute atomic E-state index is 12.9. The second-order valence-electron chi connectivity index (χ2n) is 6.19. The van der Waals surface area contributed by atoms with Gasteiger partial charge in [-0.15, -0.1) is 0 Å². The molecule has 9 heteroatoms. The lowest BCUT2D eigenvalue weighted by Crippen LogP contribution is -2.28. The highest BCUT2D eigenvalue weighted by atomic mass is 32.1. The Labute approximate surface area is 173 Å². The van der Waals surface area contributed by atoms with Crippen molar-refractivity contribution in [3.8, 4) is 17.2 Å². The van der Waals surface area contributed by atoms with Crippen LogP contribution in [-0.4, -0.2) is 32.9 Å². The summed E-state index contributed by atoms with van der Waals surface area (Å²) in [5.41, 5.74) is 5.04. The largest absolute Gasteiger partial charge is 0.504 e. The normalized spacial score (nSPS) is 10.9. The van der Waals surface area contributed by atoms with Crippen LogP contribution in [0.3, 0.4) is 0 Å². The molecule has 0 spiro atoms. The lowest BCUT2D eigenvalue weighted by Gasteiger charge is -2.07. The van der Waals surface area contributed by atoms with Crippen LogP contribution in [0, 0.1) is 6.92 Å². The minimum atomic E-state index is -0.215. The molecule has 0 bridgehead atoms. The zero-order valence-electron chi connectivity index (χ0n) is 16.2. The van der Waals surface area contributed by atoms with E-state index in [0.29, 0.717) is 17.0 Å². The molecule has 0 radical (unpaired) electrons. The summed E-state index contributed by atoms with van der Waals surface area (Å²) in [4.78, 5) is 12.9. The number of nitrogens with one attached hydrogen (secondary N) is 2. The van der Waals surface area contributed by atoms with E-state index in [1.165, 1.54) is 19.4 Å². The molecular formula is C20H21N5O3S. The van der Waals surface area contributed by atoms with Crippen LogP contribution in [0.15, 0.2) is 58.4 Å². The molecule has 2 aromatic carbocycles. The maximum Gasteiger partial charge on any atom is 0.295 e. The first-order chi connectivity index (χ1) is 13.9. The molecule has 150 valence electrons. The van der Waals surface area contributed by atoms with Crippen molar-refractivity contribution in [1.82, 2.24) is 14.8 Å². The van der Waals surface area contributed by atoms with Gasteiger partial charge in [-0.2, -0.15) is 5.10 Å². The Kier molecular flexibility index (Phi) is 5.99. The fourth-order valence-corrected chi connectivity index (χ4v) is 2.95. The van der Waals surface area contributed by atoms with Gasteiger partial charge in [0.1, 0.15) is 5.69 Å². The molecular weight excluding hydrogens is 390 g/mol. The Morgan fingerprint density at radius 3 is 2.66 bits per heavy atom. The van der Waals surface area contributed by atoms with E-state index >= 15 is 0 Å². The van der Waals surface area contributed by atoms with Gasteiger partial charge in [-0.05, 0) is 55.0 Å². The molecule has 3 rings (SSSR count). The smallest absolute Gasteiger partial charge is 0.295 e. The van der Waals surface area contributed by atoms with E-state index in [2.05, 4.69) is 15.8 Å². The second-order valence-corrected chi connectivity index (χ2v) is 6.60. The summed E-state index contributed by atoms with van der Waals surface area (Å²) in [6, 6.07) is 14.2. The number of thiocarbonyl (C=S) groups is 1. The highest BCUT2D eigenvalue weighted by Crippen LogP contribution is 2.25. The van der Waals surface area contributed by atoms with Crippen LogP contribution >= 0.6 is 12.2 Å². The third-order valence-electron chi connectivity index (χ3n) is 4.38. The Bertz CT molecular complexity index is 1120. The average Bonchev–Trinajstić information content (AvgIpc) is 2.93. The van der Waals surface area contributed by atoms with E-state index in [-0.39, 0.29) is 16.4 Å². The van der Waals surface area contributed by atoms with Crippen molar-refractivity contribution in [2.75, 3.05) is 12.4 Å². The lowest BCUT2D eigenvalue weighted by atomic mass is 10.2. The van der Waals surface area contributed by atoms with Gasteiger partial charge in [0.2, 0.25) is 0 Å². The summed E-state index contributed by atoms with van der Waals surface area (Å²) in [7, 11) is 3.28. The number of nitrogens with zero attached hydrogens (tertiary/aromatic N) is 3. The van der Waals surface area contributed by atoms with Crippen LogP contribution in [0.4, 0.5) is 5.69 Å². The second kappa shape index (κ2) is 8.61. The quantitative estimate of drug-likeness (QED) is 0.339. The maximum atomic E-state index is 12.9. The van der Waals surface area contributed by atoms with E-state index in [9.17, 15) is 9.90 Å². The number of ether oxygens (including phenoxy) is 1. The van der Waals surface area contributed by atoms with Crippen LogP contribution in [0.2, 0.25) is 0 Å². The lowest BCUT2D eigenvalue weighted by molar-refractivity contribution is 0.373. The molecule has 0 aliphatic carbocycles. The molecule has 0 fully saturated rings. The molecule has 3 aromatic rings. The van der Waals surface area contributed by atoms with Gasteiger partial charge in [0.15, 0.2) is 16.6 Å². The van der Waals surface area contributed by atoms with Crippen molar-refractivity contribution < 1.29 is 9.84 Å². The van der Waals surface area contributed by atoms with Gasteiger partial charge < -0.3 is 15.2 Å². The van der Waals surface area contributed by atoms with Gasteiger partial charge in [0, 0.05) is 7.05 Å². The fraction of sp³-hybridized carbons (Fsp3) is 0.150. The van der Waals surface area contributed by atoms with Crippen molar-refractivity contribution in [1.29, 1.82) is 0 Å². The van der Waals surface area contributed by atoms with Crippen molar-refractivity contribution in [2.24, 2.45) is 12.1 Å². The van der Waals surface area contributed by atoms with E-state index in [4.69, 9.17) is 17.0 Å². The van der Waals surface area contributed by atoms with Crippen molar-refractivity contribution in [3.05, 3.63) is 70.1 Å². The van der Waals surface area contributed by atoms with Crippen molar-refractivity contribution >= 4 is 29.2 Å². The number of phenols is 1.